The Hall–Kier alpha value is -2.18. The van der Waals surface area contributed by atoms with Crippen molar-refractivity contribution in [1.29, 1.82) is 0 Å². The topological polar surface area (TPSA) is 87.5 Å². The number of alkyl halides is 1. The normalized spacial score (nSPS) is 43.4. The number of nitrogens with zero attached hydrogens (tertiary/aromatic N) is 1. The lowest BCUT2D eigenvalue weighted by Crippen LogP contribution is -2.69. The fraction of sp³-hybridized carbons (Fsp3) is 0.633. The van der Waals surface area contributed by atoms with Gasteiger partial charge in [0.25, 0.3) is 0 Å². The van der Waals surface area contributed by atoms with Crippen molar-refractivity contribution in [3.63, 3.8) is 0 Å². The Kier molecular flexibility index (Phi) is 6.15. The Morgan fingerprint density at radius 1 is 1.22 bits per heavy atom. The van der Waals surface area contributed by atoms with Crippen LogP contribution in [0, 0.1) is 28.6 Å². The number of carbonyl (C=O) groups excluding carboxylic acids is 2. The highest BCUT2D eigenvalue weighted by Crippen LogP contribution is 2.70. The molecule has 0 bridgehead atoms. The van der Waals surface area contributed by atoms with Gasteiger partial charge < -0.3 is 10.2 Å². The summed E-state index contributed by atoms with van der Waals surface area (Å²) in [6, 6.07) is 5.79. The van der Waals surface area contributed by atoms with Crippen molar-refractivity contribution >= 4 is 11.6 Å². The van der Waals surface area contributed by atoms with Crippen LogP contribution in [0.15, 0.2) is 48.2 Å². The van der Waals surface area contributed by atoms with E-state index >= 15 is 4.39 Å². The quantitative estimate of drug-likeness (QED) is 0.558. The molecule has 5 rings (SSSR count). The third kappa shape index (κ3) is 3.36. The van der Waals surface area contributed by atoms with Crippen molar-refractivity contribution in [2.45, 2.75) is 89.5 Å². The molecule has 0 aliphatic heterocycles. The van der Waals surface area contributed by atoms with Gasteiger partial charge in [0, 0.05) is 35.1 Å². The molecule has 194 valence electrons. The lowest BCUT2D eigenvalue weighted by Gasteiger charge is -2.62. The van der Waals surface area contributed by atoms with E-state index in [1.165, 1.54) is 12.2 Å². The molecule has 1 aromatic rings. The molecule has 0 amide bonds. The number of hydrogen-bond donors (Lipinski definition) is 2. The molecule has 1 aromatic heterocycles. The molecule has 0 aromatic carbocycles. The Labute approximate surface area is 212 Å². The molecular weight excluding hydrogens is 457 g/mol. The number of rotatable bonds is 6. The lowest BCUT2D eigenvalue weighted by atomic mass is 9.44. The maximum atomic E-state index is 17.2. The SMILES string of the molecule is C[C@@H]1C[C@H]2[C@@H]3CCC4=CC(=O)C=C[C@]4(C)[C@@]3(F)[C@@H](O)C[C@]2(C)[C@@]1(O)C(=O)CCCCc1ccccn1. The fourth-order valence-electron chi connectivity index (χ4n) is 8.47. The summed E-state index contributed by atoms with van der Waals surface area (Å²) in [5, 5.41) is 23.5. The Bertz CT molecular complexity index is 1120. The zero-order valence-corrected chi connectivity index (χ0v) is 21.5. The highest BCUT2D eigenvalue weighted by molar-refractivity contribution is 6.01. The number of carbonyl (C=O) groups is 2. The predicted octanol–water partition coefficient (Wildman–Crippen LogP) is 4.71. The molecule has 4 aliphatic carbocycles. The number of allylic oxidation sites excluding steroid dienone is 4. The fourth-order valence-corrected chi connectivity index (χ4v) is 8.47. The molecule has 5 nitrogen and oxygen atoms in total. The van der Waals surface area contributed by atoms with Crippen molar-refractivity contribution in [3.8, 4) is 0 Å². The van der Waals surface area contributed by atoms with E-state index in [0.29, 0.717) is 25.7 Å². The zero-order chi connectivity index (χ0) is 25.9. The number of fused-ring (bicyclic) bond motifs is 5. The Balaban J connectivity index is 1.38. The number of unbranched alkanes of at least 4 members (excludes halogenated alkanes) is 1. The van der Waals surface area contributed by atoms with Crippen LogP contribution in [0.25, 0.3) is 0 Å². The number of ketones is 2. The van der Waals surface area contributed by atoms with Gasteiger partial charge in [-0.25, -0.2) is 4.39 Å². The van der Waals surface area contributed by atoms with Gasteiger partial charge in [-0.15, -0.1) is 0 Å². The summed E-state index contributed by atoms with van der Waals surface area (Å²) in [5.74, 6) is -1.38. The maximum Gasteiger partial charge on any atom is 0.178 e. The number of Topliss-reactive ketones (excluding diaryl/α,β-unsaturated/α-hetero) is 1. The lowest BCUT2D eigenvalue weighted by molar-refractivity contribution is -0.218. The van der Waals surface area contributed by atoms with Gasteiger partial charge in [0.1, 0.15) is 5.60 Å². The predicted molar refractivity (Wildman–Crippen MR) is 135 cm³/mol. The van der Waals surface area contributed by atoms with Crippen LogP contribution in [-0.2, 0) is 16.0 Å². The first kappa shape index (κ1) is 25.5. The number of pyridine rings is 1. The first-order chi connectivity index (χ1) is 17.0. The van der Waals surface area contributed by atoms with Crippen LogP contribution in [0.5, 0.6) is 0 Å². The molecule has 8 atom stereocenters. The molecule has 3 saturated carbocycles. The molecule has 1 heterocycles. The average molecular weight is 496 g/mol. The van der Waals surface area contributed by atoms with E-state index in [-0.39, 0.29) is 36.2 Å². The highest BCUT2D eigenvalue weighted by Gasteiger charge is 2.75. The number of halogens is 1. The zero-order valence-electron chi connectivity index (χ0n) is 21.5. The molecule has 6 heteroatoms. The third-order valence-electron chi connectivity index (χ3n) is 10.5. The van der Waals surface area contributed by atoms with Gasteiger partial charge in [0.2, 0.25) is 0 Å². The Morgan fingerprint density at radius 2 is 2.00 bits per heavy atom. The minimum atomic E-state index is -1.95. The number of aromatic nitrogens is 1. The number of aliphatic hydroxyl groups is 2. The van der Waals surface area contributed by atoms with Crippen molar-refractivity contribution in [2.24, 2.45) is 28.6 Å². The molecule has 2 N–H and O–H groups in total. The average Bonchev–Trinajstić information content (AvgIpc) is 3.05. The second-order valence-electron chi connectivity index (χ2n) is 12.1. The second kappa shape index (κ2) is 8.70. The van der Waals surface area contributed by atoms with Gasteiger partial charge in [-0.3, -0.25) is 14.6 Å². The third-order valence-corrected chi connectivity index (χ3v) is 10.5. The second-order valence-corrected chi connectivity index (χ2v) is 12.1. The molecule has 36 heavy (non-hydrogen) atoms. The summed E-state index contributed by atoms with van der Waals surface area (Å²) in [5.41, 5.74) is -3.80. The van der Waals surface area contributed by atoms with Crippen molar-refractivity contribution in [3.05, 3.63) is 53.9 Å². The van der Waals surface area contributed by atoms with E-state index in [1.807, 2.05) is 32.0 Å². The van der Waals surface area contributed by atoms with Crippen molar-refractivity contribution in [1.82, 2.24) is 4.98 Å². The van der Waals surface area contributed by atoms with Crippen LogP contribution in [0.2, 0.25) is 0 Å². The van der Waals surface area contributed by atoms with Gasteiger partial charge in [0.15, 0.2) is 17.2 Å². The first-order valence-corrected chi connectivity index (χ1v) is 13.5. The minimum Gasteiger partial charge on any atom is -0.390 e. The van der Waals surface area contributed by atoms with Gasteiger partial charge in [0.05, 0.1) is 6.10 Å². The summed E-state index contributed by atoms with van der Waals surface area (Å²) in [6.45, 7) is 5.58. The molecule has 0 saturated heterocycles. The monoisotopic (exact) mass is 495 g/mol. The number of aliphatic hydroxyl groups excluding tert-OH is 1. The van der Waals surface area contributed by atoms with E-state index in [4.69, 9.17) is 0 Å². The maximum absolute atomic E-state index is 17.2. The van der Waals surface area contributed by atoms with Crippen LogP contribution in [0.4, 0.5) is 4.39 Å². The van der Waals surface area contributed by atoms with Crippen LogP contribution < -0.4 is 0 Å². The van der Waals surface area contributed by atoms with E-state index in [2.05, 4.69) is 4.98 Å². The van der Waals surface area contributed by atoms with Gasteiger partial charge >= 0.3 is 0 Å². The van der Waals surface area contributed by atoms with Crippen LogP contribution in [0.1, 0.15) is 71.4 Å². The van der Waals surface area contributed by atoms with Crippen LogP contribution in [0.3, 0.4) is 0 Å². The van der Waals surface area contributed by atoms with Gasteiger partial charge in [-0.05, 0) is 88.0 Å². The summed E-state index contributed by atoms with van der Waals surface area (Å²) in [4.78, 5) is 30.0. The molecule has 4 aliphatic rings. The number of aryl methyl sites for hydroxylation is 1. The summed E-state index contributed by atoms with van der Waals surface area (Å²) < 4.78 is 17.2. The molecule has 0 unspecified atom stereocenters. The van der Waals surface area contributed by atoms with Gasteiger partial charge in [-0.1, -0.05) is 31.6 Å². The molecular formula is C30H38FNO4. The summed E-state index contributed by atoms with van der Waals surface area (Å²) in [6.07, 6.45) is 9.12. The molecule has 0 spiro atoms. The summed E-state index contributed by atoms with van der Waals surface area (Å²) in [7, 11) is 0. The van der Waals surface area contributed by atoms with Crippen molar-refractivity contribution < 1.29 is 24.2 Å². The number of hydrogen-bond acceptors (Lipinski definition) is 5. The van der Waals surface area contributed by atoms with Crippen molar-refractivity contribution in [2.75, 3.05) is 0 Å². The Morgan fingerprint density at radius 3 is 2.72 bits per heavy atom. The molecule has 0 radical (unpaired) electrons. The van der Waals surface area contributed by atoms with E-state index in [9.17, 15) is 19.8 Å². The van der Waals surface area contributed by atoms with E-state index in [1.54, 1.807) is 19.2 Å². The van der Waals surface area contributed by atoms with Crippen LogP contribution >= 0.6 is 0 Å². The minimum absolute atomic E-state index is 0.0236. The summed E-state index contributed by atoms with van der Waals surface area (Å²) >= 11 is 0. The van der Waals surface area contributed by atoms with E-state index in [0.717, 1.165) is 24.1 Å². The molecule has 3 fully saturated rings. The van der Waals surface area contributed by atoms with Crippen LogP contribution in [-0.4, -0.2) is 44.1 Å². The first-order valence-electron chi connectivity index (χ1n) is 13.5. The highest BCUT2D eigenvalue weighted by atomic mass is 19.1. The standard InChI is InChI=1S/C30H38FNO4/c1-19-16-24-23-12-11-20-17-22(33)13-14-27(20,2)29(23,31)26(35)18-28(24,3)30(19,36)25(34)10-5-4-8-21-9-6-7-15-32-21/h6-7,9,13-15,17,19,23-24,26,35-36H,4-5,8,10-12,16,18H2,1-3H3/t19-,23+,24+,26+,27+,28+,29+,30+/m1/s1. The van der Waals surface area contributed by atoms with Gasteiger partial charge in [-0.2, -0.15) is 0 Å². The smallest absolute Gasteiger partial charge is 0.178 e. The van der Waals surface area contributed by atoms with E-state index < -0.39 is 34.1 Å². The largest absolute Gasteiger partial charge is 0.390 e.